The molecular formula is C13H27NO. The molecule has 0 aromatic heterocycles. The Balaban J connectivity index is 2.17. The van der Waals surface area contributed by atoms with Crippen molar-refractivity contribution in [3.63, 3.8) is 0 Å². The van der Waals surface area contributed by atoms with Crippen molar-refractivity contribution in [3.05, 3.63) is 0 Å². The molecule has 0 aromatic rings. The van der Waals surface area contributed by atoms with E-state index in [1.54, 1.807) is 0 Å². The van der Waals surface area contributed by atoms with Crippen LogP contribution >= 0.6 is 0 Å². The second-order valence-electron chi connectivity index (χ2n) is 5.48. The number of nitrogens with one attached hydrogen (secondary N) is 1. The number of hydrogen-bond donors (Lipinski definition) is 2. The van der Waals surface area contributed by atoms with E-state index >= 15 is 0 Å². The molecule has 0 aromatic carbocycles. The lowest BCUT2D eigenvalue weighted by atomic mass is 9.73. The summed E-state index contributed by atoms with van der Waals surface area (Å²) in [6.45, 7) is 9.48. The van der Waals surface area contributed by atoms with Gasteiger partial charge in [-0.3, -0.25) is 0 Å². The van der Waals surface area contributed by atoms with Crippen molar-refractivity contribution in [3.8, 4) is 0 Å². The van der Waals surface area contributed by atoms with Crippen LogP contribution in [-0.2, 0) is 0 Å². The molecule has 0 heterocycles. The summed E-state index contributed by atoms with van der Waals surface area (Å²) in [5, 5.41) is 13.6. The minimum Gasteiger partial charge on any atom is -0.389 e. The Morgan fingerprint density at radius 1 is 1.27 bits per heavy atom. The van der Waals surface area contributed by atoms with Crippen LogP contribution in [0.3, 0.4) is 0 Å². The van der Waals surface area contributed by atoms with Crippen molar-refractivity contribution >= 4 is 0 Å². The molecule has 1 saturated carbocycles. The van der Waals surface area contributed by atoms with Gasteiger partial charge in [0.1, 0.15) is 0 Å². The number of aliphatic hydroxyl groups is 1. The van der Waals surface area contributed by atoms with E-state index in [9.17, 15) is 5.11 Å². The fourth-order valence-corrected chi connectivity index (χ4v) is 2.21. The van der Waals surface area contributed by atoms with Gasteiger partial charge in [0.25, 0.3) is 0 Å². The predicted octanol–water partition coefficient (Wildman–Crippen LogP) is 2.56. The summed E-state index contributed by atoms with van der Waals surface area (Å²) in [6.07, 6.45) is 4.27. The molecule has 2 nitrogen and oxygen atoms in total. The molecule has 0 spiro atoms. The molecule has 0 atom stereocenters. The Morgan fingerprint density at radius 3 is 2.20 bits per heavy atom. The monoisotopic (exact) mass is 213 g/mol. The highest BCUT2D eigenvalue weighted by atomic mass is 16.3. The Hall–Kier alpha value is -0.0800. The summed E-state index contributed by atoms with van der Waals surface area (Å²) < 4.78 is 0. The topological polar surface area (TPSA) is 32.3 Å². The largest absolute Gasteiger partial charge is 0.389 e. The standard InChI is InChI=1S/C13H27NO/c1-5-13(15,6-2)9-14-12-7-11(8-12)10(3)4/h10-12,14-15H,5-9H2,1-4H3. The van der Waals surface area contributed by atoms with Crippen LogP contribution in [0.1, 0.15) is 53.4 Å². The van der Waals surface area contributed by atoms with Gasteiger partial charge in [-0.1, -0.05) is 27.7 Å². The first-order valence-corrected chi connectivity index (χ1v) is 6.46. The van der Waals surface area contributed by atoms with Gasteiger partial charge in [0.15, 0.2) is 0 Å². The molecule has 1 aliphatic carbocycles. The van der Waals surface area contributed by atoms with Crippen molar-refractivity contribution in [2.24, 2.45) is 11.8 Å². The molecule has 0 bridgehead atoms. The normalized spacial score (nSPS) is 26.8. The quantitative estimate of drug-likeness (QED) is 0.711. The summed E-state index contributed by atoms with van der Waals surface area (Å²) in [4.78, 5) is 0. The second-order valence-corrected chi connectivity index (χ2v) is 5.48. The Labute approximate surface area is 94.5 Å². The molecule has 0 unspecified atom stereocenters. The van der Waals surface area contributed by atoms with Crippen LogP contribution in [0.2, 0.25) is 0 Å². The molecule has 0 amide bonds. The summed E-state index contributed by atoms with van der Waals surface area (Å²) in [5.74, 6) is 1.72. The van der Waals surface area contributed by atoms with Gasteiger partial charge in [-0.2, -0.15) is 0 Å². The SMILES string of the molecule is CCC(O)(CC)CNC1CC(C(C)C)C1. The smallest absolute Gasteiger partial charge is 0.0766 e. The van der Waals surface area contributed by atoms with E-state index in [0.29, 0.717) is 6.04 Å². The second kappa shape index (κ2) is 5.31. The zero-order chi connectivity index (χ0) is 11.5. The van der Waals surface area contributed by atoms with Crippen LogP contribution < -0.4 is 5.32 Å². The minimum absolute atomic E-state index is 0.483. The van der Waals surface area contributed by atoms with E-state index in [1.165, 1.54) is 12.8 Å². The third-order valence-electron chi connectivity index (χ3n) is 4.15. The number of hydrogen-bond acceptors (Lipinski definition) is 2. The van der Waals surface area contributed by atoms with Crippen LogP contribution in [0.5, 0.6) is 0 Å². The summed E-state index contributed by atoms with van der Waals surface area (Å²) >= 11 is 0. The van der Waals surface area contributed by atoms with Crippen molar-refractivity contribution in [1.29, 1.82) is 0 Å². The number of rotatable bonds is 6. The van der Waals surface area contributed by atoms with Crippen LogP contribution in [0.15, 0.2) is 0 Å². The maximum absolute atomic E-state index is 10.1. The molecule has 1 rings (SSSR count). The van der Waals surface area contributed by atoms with E-state index in [0.717, 1.165) is 31.2 Å². The van der Waals surface area contributed by atoms with Gasteiger partial charge in [0.05, 0.1) is 5.60 Å². The van der Waals surface area contributed by atoms with Gasteiger partial charge < -0.3 is 10.4 Å². The Kier molecular flexibility index (Phi) is 4.60. The van der Waals surface area contributed by atoms with Gasteiger partial charge in [-0.25, -0.2) is 0 Å². The van der Waals surface area contributed by atoms with Gasteiger partial charge in [0.2, 0.25) is 0 Å². The van der Waals surface area contributed by atoms with E-state index < -0.39 is 5.60 Å². The molecule has 0 aliphatic heterocycles. The van der Waals surface area contributed by atoms with Gasteiger partial charge in [-0.15, -0.1) is 0 Å². The minimum atomic E-state index is -0.483. The van der Waals surface area contributed by atoms with E-state index in [1.807, 2.05) is 0 Å². The highest BCUT2D eigenvalue weighted by Crippen LogP contribution is 2.33. The lowest BCUT2D eigenvalue weighted by Gasteiger charge is -2.40. The molecule has 0 radical (unpaired) electrons. The zero-order valence-corrected chi connectivity index (χ0v) is 10.7. The maximum Gasteiger partial charge on any atom is 0.0766 e. The van der Waals surface area contributed by atoms with E-state index in [2.05, 4.69) is 33.0 Å². The first-order valence-electron chi connectivity index (χ1n) is 6.46. The average Bonchev–Trinajstić information content (AvgIpc) is 2.14. The highest BCUT2D eigenvalue weighted by molar-refractivity contribution is 4.89. The van der Waals surface area contributed by atoms with Crippen molar-refractivity contribution in [2.45, 2.75) is 65.0 Å². The molecule has 2 N–H and O–H groups in total. The van der Waals surface area contributed by atoms with Crippen LogP contribution in [0.4, 0.5) is 0 Å². The summed E-state index contributed by atoms with van der Waals surface area (Å²) in [5.41, 5.74) is -0.483. The van der Waals surface area contributed by atoms with Crippen molar-refractivity contribution < 1.29 is 5.11 Å². The molecule has 0 saturated heterocycles. The first-order chi connectivity index (χ1) is 7.00. The molecule has 1 aliphatic rings. The first kappa shape index (κ1) is 13.0. The average molecular weight is 213 g/mol. The van der Waals surface area contributed by atoms with E-state index in [-0.39, 0.29) is 0 Å². The molecule has 90 valence electrons. The third-order valence-corrected chi connectivity index (χ3v) is 4.15. The third kappa shape index (κ3) is 3.46. The van der Waals surface area contributed by atoms with Gasteiger partial charge >= 0.3 is 0 Å². The fourth-order valence-electron chi connectivity index (χ4n) is 2.21. The van der Waals surface area contributed by atoms with Crippen molar-refractivity contribution in [2.75, 3.05) is 6.54 Å². The highest BCUT2D eigenvalue weighted by Gasteiger charge is 2.32. The van der Waals surface area contributed by atoms with Crippen molar-refractivity contribution in [1.82, 2.24) is 5.32 Å². The van der Waals surface area contributed by atoms with Crippen LogP contribution in [-0.4, -0.2) is 23.3 Å². The van der Waals surface area contributed by atoms with E-state index in [4.69, 9.17) is 0 Å². The molecule has 1 fully saturated rings. The Bertz CT molecular complexity index is 181. The summed E-state index contributed by atoms with van der Waals surface area (Å²) in [6, 6.07) is 0.655. The van der Waals surface area contributed by atoms with Gasteiger partial charge in [0, 0.05) is 12.6 Å². The van der Waals surface area contributed by atoms with Crippen LogP contribution in [0.25, 0.3) is 0 Å². The zero-order valence-electron chi connectivity index (χ0n) is 10.7. The fraction of sp³-hybridized carbons (Fsp3) is 1.00. The lowest BCUT2D eigenvalue weighted by molar-refractivity contribution is 0.0221. The van der Waals surface area contributed by atoms with Gasteiger partial charge in [-0.05, 0) is 37.5 Å². The molecular weight excluding hydrogens is 186 g/mol. The summed E-state index contributed by atoms with van der Waals surface area (Å²) in [7, 11) is 0. The Morgan fingerprint density at radius 2 is 1.80 bits per heavy atom. The van der Waals surface area contributed by atoms with Crippen LogP contribution in [0, 0.1) is 11.8 Å². The molecule has 2 heteroatoms. The lowest BCUT2D eigenvalue weighted by Crippen LogP contribution is -2.49. The maximum atomic E-state index is 10.1. The molecule has 15 heavy (non-hydrogen) atoms. The predicted molar refractivity (Wildman–Crippen MR) is 64.9 cm³/mol.